The lowest BCUT2D eigenvalue weighted by Gasteiger charge is -2.24. The van der Waals surface area contributed by atoms with Crippen molar-refractivity contribution in [3.8, 4) is 0 Å². The van der Waals surface area contributed by atoms with Gasteiger partial charge in [0.05, 0.1) is 5.92 Å². The van der Waals surface area contributed by atoms with E-state index in [4.69, 9.17) is 5.11 Å². The van der Waals surface area contributed by atoms with Crippen molar-refractivity contribution in [2.24, 2.45) is 5.92 Å². The van der Waals surface area contributed by atoms with E-state index in [-0.39, 0.29) is 17.7 Å². The predicted octanol–water partition coefficient (Wildman–Crippen LogP) is 1.52. The number of aromatic amines is 1. The Labute approximate surface area is 107 Å². The van der Waals surface area contributed by atoms with E-state index < -0.39 is 11.9 Å². The molecule has 0 aliphatic rings. The third kappa shape index (κ3) is 3.91. The minimum Gasteiger partial charge on any atom is -0.481 e. The second-order valence-electron chi connectivity index (χ2n) is 5.20. The Kier molecular flexibility index (Phi) is 4.53. The van der Waals surface area contributed by atoms with Crippen LogP contribution < -0.4 is 5.32 Å². The number of aliphatic carboxylic acids is 1. The van der Waals surface area contributed by atoms with Gasteiger partial charge in [-0.2, -0.15) is 0 Å². The Morgan fingerprint density at radius 2 is 2.17 bits per heavy atom. The van der Waals surface area contributed by atoms with Crippen molar-refractivity contribution >= 4 is 11.9 Å². The van der Waals surface area contributed by atoms with E-state index in [1.54, 1.807) is 0 Å². The molecule has 100 valence electrons. The number of carbonyl (C=O) groups excluding carboxylic acids is 1. The molecule has 0 aliphatic heterocycles. The molecule has 1 rings (SSSR count). The Balaban J connectivity index is 2.45. The van der Waals surface area contributed by atoms with E-state index in [0.717, 1.165) is 5.56 Å². The molecular formula is C13H20N2O3. The molecule has 0 saturated heterocycles. The molecule has 3 N–H and O–H groups in total. The monoisotopic (exact) mass is 252 g/mol. The van der Waals surface area contributed by atoms with Gasteiger partial charge in [0.15, 0.2) is 0 Å². The van der Waals surface area contributed by atoms with Crippen LogP contribution in [0.2, 0.25) is 0 Å². The summed E-state index contributed by atoms with van der Waals surface area (Å²) >= 11 is 0. The maximum atomic E-state index is 11.6. The first-order valence-electron chi connectivity index (χ1n) is 5.95. The average Bonchev–Trinajstić information content (AvgIpc) is 2.80. The van der Waals surface area contributed by atoms with Crippen LogP contribution in [0.1, 0.15) is 32.8 Å². The van der Waals surface area contributed by atoms with E-state index in [9.17, 15) is 9.59 Å². The average molecular weight is 252 g/mol. The van der Waals surface area contributed by atoms with Gasteiger partial charge in [-0.25, -0.2) is 0 Å². The highest BCUT2D eigenvalue weighted by atomic mass is 16.4. The minimum absolute atomic E-state index is 0.0125. The molecule has 0 bridgehead atoms. The second-order valence-corrected chi connectivity index (χ2v) is 5.20. The molecule has 1 amide bonds. The maximum Gasteiger partial charge on any atom is 0.306 e. The Morgan fingerprint density at radius 3 is 2.67 bits per heavy atom. The van der Waals surface area contributed by atoms with Gasteiger partial charge in [-0.05, 0) is 11.6 Å². The standard InChI is InChI=1S/C13H20N2O3/c1-9(12(17)18)6-11(16)15-8-13(2,3)10-4-5-14-7-10/h4-5,7,9,14H,6,8H2,1-3H3,(H,15,16)(H,17,18). The van der Waals surface area contributed by atoms with Gasteiger partial charge in [-0.1, -0.05) is 20.8 Å². The number of nitrogens with one attached hydrogen (secondary N) is 2. The van der Waals surface area contributed by atoms with E-state index >= 15 is 0 Å². The fourth-order valence-electron chi connectivity index (χ4n) is 1.60. The van der Waals surface area contributed by atoms with Gasteiger partial charge in [0.1, 0.15) is 0 Å². The van der Waals surface area contributed by atoms with Crippen LogP contribution in [0.5, 0.6) is 0 Å². The third-order valence-electron chi connectivity index (χ3n) is 3.02. The van der Waals surface area contributed by atoms with Crippen LogP contribution >= 0.6 is 0 Å². The number of carbonyl (C=O) groups is 2. The van der Waals surface area contributed by atoms with Crippen LogP contribution in [0.4, 0.5) is 0 Å². The molecule has 0 aliphatic carbocycles. The lowest BCUT2D eigenvalue weighted by Crippen LogP contribution is -2.37. The number of carboxylic acid groups (broad SMARTS) is 1. The van der Waals surface area contributed by atoms with E-state index in [1.165, 1.54) is 6.92 Å². The maximum absolute atomic E-state index is 11.6. The molecule has 0 fully saturated rings. The van der Waals surface area contributed by atoms with Crippen molar-refractivity contribution < 1.29 is 14.7 Å². The zero-order valence-electron chi connectivity index (χ0n) is 11.0. The Morgan fingerprint density at radius 1 is 1.50 bits per heavy atom. The van der Waals surface area contributed by atoms with Gasteiger partial charge >= 0.3 is 5.97 Å². The van der Waals surface area contributed by atoms with Crippen LogP contribution in [0.3, 0.4) is 0 Å². The SMILES string of the molecule is CC(CC(=O)NCC(C)(C)c1cc[nH]c1)C(=O)O. The lowest BCUT2D eigenvalue weighted by molar-refractivity contribution is -0.143. The molecule has 0 saturated carbocycles. The molecule has 5 nitrogen and oxygen atoms in total. The molecule has 1 unspecified atom stereocenters. The summed E-state index contributed by atoms with van der Waals surface area (Å²) in [4.78, 5) is 25.2. The van der Waals surface area contributed by atoms with E-state index in [1.807, 2.05) is 32.3 Å². The molecule has 18 heavy (non-hydrogen) atoms. The summed E-state index contributed by atoms with van der Waals surface area (Å²) in [6.07, 6.45) is 3.75. The molecule has 1 aromatic rings. The fourth-order valence-corrected chi connectivity index (χ4v) is 1.60. The highest BCUT2D eigenvalue weighted by Gasteiger charge is 2.23. The number of amides is 1. The lowest BCUT2D eigenvalue weighted by atomic mass is 9.86. The molecule has 1 atom stereocenters. The summed E-state index contributed by atoms with van der Waals surface area (Å²) in [5.74, 6) is -1.83. The van der Waals surface area contributed by atoms with Gasteiger partial charge in [-0.15, -0.1) is 0 Å². The Hall–Kier alpha value is -1.78. The largest absolute Gasteiger partial charge is 0.481 e. The molecule has 1 aromatic heterocycles. The number of hydrogen-bond acceptors (Lipinski definition) is 2. The van der Waals surface area contributed by atoms with Crippen molar-refractivity contribution in [1.82, 2.24) is 10.3 Å². The zero-order chi connectivity index (χ0) is 13.8. The molecular weight excluding hydrogens is 232 g/mol. The van der Waals surface area contributed by atoms with Crippen molar-refractivity contribution in [2.45, 2.75) is 32.6 Å². The van der Waals surface area contributed by atoms with E-state index in [0.29, 0.717) is 6.54 Å². The summed E-state index contributed by atoms with van der Waals surface area (Å²) in [6.45, 7) is 6.06. The molecule has 1 heterocycles. The van der Waals surface area contributed by atoms with Gasteiger partial charge < -0.3 is 15.4 Å². The number of H-pyrrole nitrogens is 1. The Bertz CT molecular complexity index is 410. The highest BCUT2D eigenvalue weighted by Crippen LogP contribution is 2.21. The molecule has 5 heteroatoms. The zero-order valence-corrected chi connectivity index (χ0v) is 11.0. The summed E-state index contributed by atoms with van der Waals surface area (Å²) < 4.78 is 0. The summed E-state index contributed by atoms with van der Waals surface area (Å²) in [7, 11) is 0. The van der Waals surface area contributed by atoms with Crippen molar-refractivity contribution in [3.05, 3.63) is 24.0 Å². The number of aromatic nitrogens is 1. The smallest absolute Gasteiger partial charge is 0.306 e. The summed E-state index contributed by atoms with van der Waals surface area (Å²) in [5, 5.41) is 11.5. The van der Waals surface area contributed by atoms with Crippen molar-refractivity contribution in [2.75, 3.05) is 6.54 Å². The highest BCUT2D eigenvalue weighted by molar-refractivity contribution is 5.82. The van der Waals surface area contributed by atoms with E-state index in [2.05, 4.69) is 10.3 Å². The van der Waals surface area contributed by atoms with Gasteiger partial charge in [0, 0.05) is 30.8 Å². The third-order valence-corrected chi connectivity index (χ3v) is 3.02. The van der Waals surface area contributed by atoms with Crippen molar-refractivity contribution in [1.29, 1.82) is 0 Å². The molecule has 0 aromatic carbocycles. The molecule has 0 radical (unpaired) electrons. The quantitative estimate of drug-likeness (QED) is 0.718. The minimum atomic E-state index is -0.949. The van der Waals surface area contributed by atoms with Gasteiger partial charge in [0.2, 0.25) is 5.91 Å². The first-order valence-corrected chi connectivity index (χ1v) is 5.95. The van der Waals surface area contributed by atoms with Gasteiger partial charge in [-0.3, -0.25) is 9.59 Å². The first kappa shape index (κ1) is 14.3. The van der Waals surface area contributed by atoms with Crippen LogP contribution in [0.25, 0.3) is 0 Å². The number of carboxylic acids is 1. The summed E-state index contributed by atoms with van der Waals surface area (Å²) in [6, 6.07) is 1.96. The molecule has 0 spiro atoms. The first-order chi connectivity index (χ1) is 8.33. The topological polar surface area (TPSA) is 82.2 Å². The fraction of sp³-hybridized carbons (Fsp3) is 0.538. The van der Waals surface area contributed by atoms with Crippen LogP contribution in [-0.2, 0) is 15.0 Å². The number of rotatable bonds is 6. The van der Waals surface area contributed by atoms with Crippen LogP contribution in [0.15, 0.2) is 18.5 Å². The van der Waals surface area contributed by atoms with Crippen LogP contribution in [-0.4, -0.2) is 28.5 Å². The summed E-state index contributed by atoms with van der Waals surface area (Å²) in [5.41, 5.74) is 0.927. The normalized spacial score (nSPS) is 13.1. The predicted molar refractivity (Wildman–Crippen MR) is 68.2 cm³/mol. The second kappa shape index (κ2) is 5.71. The number of hydrogen-bond donors (Lipinski definition) is 3. The van der Waals surface area contributed by atoms with Crippen molar-refractivity contribution in [3.63, 3.8) is 0 Å². The van der Waals surface area contributed by atoms with Crippen LogP contribution in [0, 0.1) is 5.92 Å². The van der Waals surface area contributed by atoms with Gasteiger partial charge in [0.25, 0.3) is 0 Å².